The third-order valence-electron chi connectivity index (χ3n) is 5.35. The fourth-order valence-electron chi connectivity index (χ4n) is 3.54. The van der Waals surface area contributed by atoms with Gasteiger partial charge in [-0.25, -0.2) is 4.99 Å². The summed E-state index contributed by atoms with van der Waals surface area (Å²) in [6.07, 6.45) is 4.01. The van der Waals surface area contributed by atoms with Crippen LogP contribution in [0.1, 0.15) is 31.0 Å². The minimum atomic E-state index is 0. The molecule has 0 radical (unpaired) electrons. The largest absolute Gasteiger partial charge is 0.492 e. The number of hydrogen-bond acceptors (Lipinski definition) is 5. The van der Waals surface area contributed by atoms with Gasteiger partial charge in [0.15, 0.2) is 5.96 Å². The minimum Gasteiger partial charge on any atom is -0.492 e. The van der Waals surface area contributed by atoms with Crippen LogP contribution in [0.2, 0.25) is 0 Å². The third kappa shape index (κ3) is 9.30. The van der Waals surface area contributed by atoms with Crippen LogP contribution in [0.25, 0.3) is 0 Å². The Morgan fingerprint density at radius 1 is 1.19 bits per heavy atom. The van der Waals surface area contributed by atoms with Crippen molar-refractivity contribution in [3.8, 4) is 5.75 Å². The number of nitrogens with one attached hydrogen (secondary N) is 2. The second kappa shape index (κ2) is 15.0. The number of ether oxygens (including phenoxy) is 2. The molecule has 1 aliphatic rings. The van der Waals surface area contributed by atoms with E-state index in [9.17, 15) is 0 Å². The van der Waals surface area contributed by atoms with Crippen molar-refractivity contribution in [3.05, 3.63) is 59.9 Å². The molecule has 7 nitrogen and oxygen atoms in total. The summed E-state index contributed by atoms with van der Waals surface area (Å²) in [7, 11) is 2.17. The van der Waals surface area contributed by atoms with Crippen LogP contribution in [0.5, 0.6) is 5.75 Å². The highest BCUT2D eigenvalue weighted by Crippen LogP contribution is 2.15. The number of pyridine rings is 1. The van der Waals surface area contributed by atoms with E-state index in [4.69, 9.17) is 14.5 Å². The van der Waals surface area contributed by atoms with Crippen molar-refractivity contribution in [2.75, 3.05) is 40.0 Å². The van der Waals surface area contributed by atoms with Gasteiger partial charge in [-0.2, -0.15) is 0 Å². The van der Waals surface area contributed by atoms with Gasteiger partial charge in [0.05, 0.1) is 18.8 Å². The Balaban J connectivity index is 0.00000363. The Hall–Kier alpha value is -1.91. The number of halogens is 1. The molecular formula is C24H36IN5O2. The molecule has 32 heavy (non-hydrogen) atoms. The first-order valence-electron chi connectivity index (χ1n) is 11.2. The maximum atomic E-state index is 6.01. The molecule has 176 valence electrons. The molecule has 2 heterocycles. The van der Waals surface area contributed by atoms with Gasteiger partial charge in [0.1, 0.15) is 12.4 Å². The highest BCUT2D eigenvalue weighted by atomic mass is 127. The summed E-state index contributed by atoms with van der Waals surface area (Å²) in [4.78, 5) is 11.4. The fraction of sp³-hybridized carbons (Fsp3) is 0.500. The molecule has 8 heteroatoms. The summed E-state index contributed by atoms with van der Waals surface area (Å²) in [6, 6.07) is 14.7. The second-order valence-electron chi connectivity index (χ2n) is 7.69. The zero-order chi connectivity index (χ0) is 21.7. The Labute approximate surface area is 209 Å². The molecule has 1 aromatic heterocycles. The summed E-state index contributed by atoms with van der Waals surface area (Å²) in [5.74, 6) is 1.66. The maximum absolute atomic E-state index is 6.01. The molecule has 2 aromatic rings. The average molecular weight is 553 g/mol. The van der Waals surface area contributed by atoms with Gasteiger partial charge in [0.2, 0.25) is 0 Å². The predicted octanol–water partition coefficient (Wildman–Crippen LogP) is 3.44. The van der Waals surface area contributed by atoms with E-state index in [2.05, 4.69) is 46.6 Å². The number of aliphatic imine (C=N–C) groups is 1. The SMILES string of the molecule is CCNC(=NCc1cccc(OCCN(C)C2CCOCC2)c1)NCc1ccccn1.I. The number of hydrogen-bond donors (Lipinski definition) is 2. The van der Waals surface area contributed by atoms with E-state index in [0.29, 0.717) is 25.7 Å². The van der Waals surface area contributed by atoms with Crippen molar-refractivity contribution < 1.29 is 9.47 Å². The lowest BCUT2D eigenvalue weighted by Gasteiger charge is -2.31. The molecule has 0 atom stereocenters. The van der Waals surface area contributed by atoms with E-state index in [1.807, 2.05) is 30.3 Å². The maximum Gasteiger partial charge on any atom is 0.191 e. The quantitative estimate of drug-likeness (QED) is 0.267. The average Bonchev–Trinajstić information content (AvgIpc) is 2.82. The Morgan fingerprint density at radius 2 is 2.03 bits per heavy atom. The first-order valence-corrected chi connectivity index (χ1v) is 11.2. The first kappa shape index (κ1) is 26.3. The Morgan fingerprint density at radius 3 is 2.78 bits per heavy atom. The summed E-state index contributed by atoms with van der Waals surface area (Å²) in [5, 5.41) is 6.61. The number of aromatic nitrogens is 1. The van der Waals surface area contributed by atoms with Gasteiger partial charge in [-0.3, -0.25) is 9.88 Å². The van der Waals surface area contributed by atoms with Crippen LogP contribution in [-0.4, -0.2) is 61.8 Å². The van der Waals surface area contributed by atoms with Gasteiger partial charge in [0.25, 0.3) is 0 Å². The molecule has 1 fully saturated rings. The van der Waals surface area contributed by atoms with Crippen LogP contribution in [0.15, 0.2) is 53.7 Å². The van der Waals surface area contributed by atoms with E-state index in [0.717, 1.165) is 62.1 Å². The molecule has 2 N–H and O–H groups in total. The van der Waals surface area contributed by atoms with E-state index < -0.39 is 0 Å². The second-order valence-corrected chi connectivity index (χ2v) is 7.69. The molecule has 1 aromatic carbocycles. The number of rotatable bonds is 10. The van der Waals surface area contributed by atoms with Gasteiger partial charge in [0, 0.05) is 38.5 Å². The smallest absolute Gasteiger partial charge is 0.191 e. The van der Waals surface area contributed by atoms with E-state index in [1.165, 1.54) is 0 Å². The van der Waals surface area contributed by atoms with Gasteiger partial charge in [-0.1, -0.05) is 18.2 Å². The highest BCUT2D eigenvalue weighted by molar-refractivity contribution is 14.0. The van der Waals surface area contributed by atoms with Gasteiger partial charge >= 0.3 is 0 Å². The zero-order valence-corrected chi connectivity index (χ0v) is 21.5. The summed E-state index contributed by atoms with van der Waals surface area (Å²) >= 11 is 0. The van der Waals surface area contributed by atoms with Gasteiger partial charge in [-0.05, 0) is 56.6 Å². The lowest BCUT2D eigenvalue weighted by molar-refractivity contribution is 0.0392. The minimum absolute atomic E-state index is 0. The molecule has 0 amide bonds. The first-order chi connectivity index (χ1) is 15.2. The summed E-state index contributed by atoms with van der Waals surface area (Å²) < 4.78 is 11.5. The molecule has 0 saturated carbocycles. The molecular weight excluding hydrogens is 517 g/mol. The van der Waals surface area contributed by atoms with Crippen LogP contribution in [0.4, 0.5) is 0 Å². The highest BCUT2D eigenvalue weighted by Gasteiger charge is 2.17. The van der Waals surface area contributed by atoms with Crippen molar-refractivity contribution in [3.63, 3.8) is 0 Å². The number of nitrogens with zero attached hydrogens (tertiary/aromatic N) is 3. The van der Waals surface area contributed by atoms with Crippen molar-refractivity contribution in [1.29, 1.82) is 0 Å². The number of likely N-dealkylation sites (N-methyl/N-ethyl adjacent to an activating group) is 1. The monoisotopic (exact) mass is 553 g/mol. The Bertz CT molecular complexity index is 800. The molecule has 1 aliphatic heterocycles. The lowest BCUT2D eigenvalue weighted by Crippen LogP contribution is -2.38. The van der Waals surface area contributed by atoms with E-state index >= 15 is 0 Å². The Kier molecular flexibility index (Phi) is 12.4. The molecule has 0 spiro atoms. The third-order valence-corrected chi connectivity index (χ3v) is 5.35. The van der Waals surface area contributed by atoms with Crippen molar-refractivity contribution in [1.82, 2.24) is 20.5 Å². The fourth-order valence-corrected chi connectivity index (χ4v) is 3.54. The van der Waals surface area contributed by atoms with Gasteiger partial charge in [-0.15, -0.1) is 24.0 Å². The van der Waals surface area contributed by atoms with Crippen LogP contribution < -0.4 is 15.4 Å². The van der Waals surface area contributed by atoms with Crippen LogP contribution in [0, 0.1) is 0 Å². The van der Waals surface area contributed by atoms with Crippen molar-refractivity contribution in [2.45, 2.75) is 38.9 Å². The standard InChI is InChI=1S/C24H35N5O2.HI/c1-3-25-24(28-19-21-8-4-5-12-26-21)27-18-20-7-6-9-23(17-20)31-16-13-29(2)22-10-14-30-15-11-22;/h4-9,12,17,22H,3,10-11,13-16,18-19H2,1-2H3,(H2,25,27,28);1H. The van der Waals surface area contributed by atoms with Crippen molar-refractivity contribution >= 4 is 29.9 Å². The molecule has 3 rings (SSSR count). The van der Waals surface area contributed by atoms with Crippen LogP contribution >= 0.6 is 24.0 Å². The normalized spacial score (nSPS) is 14.7. The number of benzene rings is 1. The van der Waals surface area contributed by atoms with Gasteiger partial charge < -0.3 is 20.1 Å². The van der Waals surface area contributed by atoms with Crippen molar-refractivity contribution in [2.24, 2.45) is 4.99 Å². The molecule has 0 bridgehead atoms. The summed E-state index contributed by atoms with van der Waals surface area (Å²) in [6.45, 7) is 7.40. The predicted molar refractivity (Wildman–Crippen MR) is 140 cm³/mol. The molecule has 1 saturated heterocycles. The van der Waals surface area contributed by atoms with Crippen LogP contribution in [-0.2, 0) is 17.8 Å². The number of guanidine groups is 1. The van der Waals surface area contributed by atoms with E-state index in [1.54, 1.807) is 6.20 Å². The summed E-state index contributed by atoms with van der Waals surface area (Å²) in [5.41, 5.74) is 2.10. The van der Waals surface area contributed by atoms with E-state index in [-0.39, 0.29) is 24.0 Å². The molecule has 0 aliphatic carbocycles. The topological polar surface area (TPSA) is 71.0 Å². The molecule has 0 unspecified atom stereocenters. The zero-order valence-electron chi connectivity index (χ0n) is 19.1. The lowest BCUT2D eigenvalue weighted by atomic mass is 10.1. The van der Waals surface area contributed by atoms with Crippen LogP contribution in [0.3, 0.4) is 0 Å².